The molecule has 9 heteroatoms. The Morgan fingerprint density at radius 3 is 2.20 bits per heavy atom. The van der Waals surface area contributed by atoms with Gasteiger partial charge in [0.15, 0.2) is 6.61 Å². The van der Waals surface area contributed by atoms with Crippen LogP contribution < -0.4 is 10.1 Å². The van der Waals surface area contributed by atoms with Crippen molar-refractivity contribution in [3.63, 3.8) is 0 Å². The van der Waals surface area contributed by atoms with E-state index >= 15 is 0 Å². The second kappa shape index (κ2) is 10.2. The van der Waals surface area contributed by atoms with Crippen molar-refractivity contribution in [1.82, 2.24) is 5.32 Å². The molecule has 0 unspecified atom stereocenters. The van der Waals surface area contributed by atoms with Gasteiger partial charge in [-0.05, 0) is 38.5 Å². The molecule has 1 N–H and O–H groups in total. The van der Waals surface area contributed by atoms with Crippen molar-refractivity contribution in [2.24, 2.45) is 0 Å². The minimum atomic E-state index is -1.54. The highest BCUT2D eigenvalue weighted by molar-refractivity contribution is 9.10. The first-order valence-electron chi connectivity index (χ1n) is 7.51. The van der Waals surface area contributed by atoms with Crippen LogP contribution in [-0.4, -0.2) is 43.7 Å². The fourth-order valence-corrected chi connectivity index (χ4v) is 2.90. The Hall–Kier alpha value is -1.80. The zero-order chi connectivity index (χ0) is 19.0. The maximum Gasteiger partial charge on any atom is 0.340 e. The third kappa shape index (κ3) is 6.55. The molecular weight excluding hydrogens is 418 g/mol. The minimum absolute atomic E-state index is 0.0643. The van der Waals surface area contributed by atoms with Crippen molar-refractivity contribution in [3.8, 4) is 5.75 Å². The first-order valence-corrected chi connectivity index (χ1v) is 8.68. The first-order chi connectivity index (χ1) is 11.8. The number of hydrogen-bond acceptors (Lipinski definition) is 6. The maximum atomic E-state index is 12.0. The number of carbonyl (C=O) groups excluding carboxylic acids is 3. The molecule has 1 rings (SSSR count). The highest BCUT2D eigenvalue weighted by Gasteiger charge is 2.31. The molecule has 0 aliphatic rings. The van der Waals surface area contributed by atoms with E-state index in [4.69, 9.17) is 25.8 Å². The van der Waals surface area contributed by atoms with E-state index in [9.17, 15) is 14.4 Å². The van der Waals surface area contributed by atoms with Crippen LogP contribution in [0.2, 0.25) is 5.02 Å². The largest absolute Gasteiger partial charge is 0.482 e. The second-order valence-electron chi connectivity index (χ2n) is 4.83. The van der Waals surface area contributed by atoms with Crippen LogP contribution in [0, 0.1) is 6.92 Å². The van der Waals surface area contributed by atoms with Crippen molar-refractivity contribution in [2.75, 3.05) is 19.8 Å². The molecule has 0 fully saturated rings. The fourth-order valence-electron chi connectivity index (χ4n) is 1.88. The molecule has 0 spiro atoms. The Morgan fingerprint density at radius 2 is 1.72 bits per heavy atom. The zero-order valence-corrected chi connectivity index (χ0v) is 16.4. The van der Waals surface area contributed by atoms with Gasteiger partial charge >= 0.3 is 11.9 Å². The van der Waals surface area contributed by atoms with Crippen molar-refractivity contribution in [3.05, 3.63) is 27.2 Å². The van der Waals surface area contributed by atoms with Gasteiger partial charge < -0.3 is 19.5 Å². The Morgan fingerprint density at radius 1 is 1.16 bits per heavy atom. The summed E-state index contributed by atoms with van der Waals surface area (Å²) in [6, 6.07) is 1.86. The number of ether oxygens (including phenoxy) is 3. The number of amides is 1. The Bertz CT molecular complexity index is 611. The van der Waals surface area contributed by atoms with Gasteiger partial charge in [-0.1, -0.05) is 27.5 Å². The van der Waals surface area contributed by atoms with E-state index in [-0.39, 0.29) is 13.2 Å². The third-order valence-electron chi connectivity index (χ3n) is 2.89. The van der Waals surface area contributed by atoms with Gasteiger partial charge in [-0.2, -0.15) is 0 Å². The Balaban J connectivity index is 2.75. The van der Waals surface area contributed by atoms with Crippen LogP contribution in [0.25, 0.3) is 0 Å². The highest BCUT2D eigenvalue weighted by atomic mass is 79.9. The van der Waals surface area contributed by atoms with Crippen molar-refractivity contribution >= 4 is 45.4 Å². The topological polar surface area (TPSA) is 90.9 Å². The summed E-state index contributed by atoms with van der Waals surface area (Å²) in [6.45, 7) is 4.64. The second-order valence-corrected chi connectivity index (χ2v) is 6.15. The molecule has 0 bridgehead atoms. The van der Waals surface area contributed by atoms with Gasteiger partial charge in [0.05, 0.1) is 18.2 Å². The molecule has 0 aliphatic carbocycles. The average Bonchev–Trinajstić information content (AvgIpc) is 2.51. The summed E-state index contributed by atoms with van der Waals surface area (Å²) in [7, 11) is 0. The van der Waals surface area contributed by atoms with Crippen LogP contribution >= 0.6 is 27.5 Å². The first kappa shape index (κ1) is 21.2. The number of esters is 2. The van der Waals surface area contributed by atoms with Gasteiger partial charge in [0.25, 0.3) is 5.91 Å². The predicted octanol–water partition coefficient (Wildman–Crippen LogP) is 2.40. The van der Waals surface area contributed by atoms with E-state index in [0.717, 1.165) is 10.0 Å². The van der Waals surface area contributed by atoms with Crippen molar-refractivity contribution in [1.29, 1.82) is 0 Å². The average molecular weight is 437 g/mol. The van der Waals surface area contributed by atoms with Crippen LogP contribution in [0.4, 0.5) is 0 Å². The summed E-state index contributed by atoms with van der Waals surface area (Å²) in [4.78, 5) is 35.6. The zero-order valence-electron chi connectivity index (χ0n) is 14.1. The maximum absolute atomic E-state index is 12.0. The van der Waals surface area contributed by atoms with Gasteiger partial charge in [0.2, 0.25) is 6.04 Å². The van der Waals surface area contributed by atoms with E-state index in [1.165, 1.54) is 0 Å². The third-order valence-corrected chi connectivity index (χ3v) is 3.63. The number of hydrogen-bond donors (Lipinski definition) is 1. The monoisotopic (exact) mass is 435 g/mol. The number of benzene rings is 1. The van der Waals surface area contributed by atoms with Crippen molar-refractivity contribution < 1.29 is 28.6 Å². The molecule has 0 aromatic heterocycles. The van der Waals surface area contributed by atoms with E-state index in [1.807, 2.05) is 0 Å². The molecule has 1 aromatic carbocycles. The van der Waals surface area contributed by atoms with Crippen LogP contribution in [0.5, 0.6) is 5.75 Å². The van der Waals surface area contributed by atoms with Gasteiger partial charge in [-0.15, -0.1) is 0 Å². The summed E-state index contributed by atoms with van der Waals surface area (Å²) >= 11 is 9.37. The van der Waals surface area contributed by atoms with Crippen LogP contribution in [0.1, 0.15) is 19.4 Å². The lowest BCUT2D eigenvalue weighted by molar-refractivity contribution is -0.159. The molecule has 0 atom stereocenters. The number of rotatable bonds is 8. The van der Waals surface area contributed by atoms with E-state index < -0.39 is 30.5 Å². The normalized spacial score (nSPS) is 10.3. The standard InChI is InChI=1S/C16H19BrClNO6/c1-4-23-15(21)13(16(22)24-5-2)19-12(20)8-25-14-9(3)6-10(17)7-11(14)18/h6-7,13H,4-5,8H2,1-3H3,(H,19,20). The van der Waals surface area contributed by atoms with Gasteiger partial charge in [0.1, 0.15) is 5.75 Å². The number of nitrogens with one attached hydrogen (secondary N) is 1. The van der Waals surface area contributed by atoms with Crippen LogP contribution in [0.3, 0.4) is 0 Å². The van der Waals surface area contributed by atoms with E-state index in [1.54, 1.807) is 32.9 Å². The van der Waals surface area contributed by atoms with Crippen molar-refractivity contribution in [2.45, 2.75) is 26.8 Å². The lowest BCUT2D eigenvalue weighted by Gasteiger charge is -2.16. The van der Waals surface area contributed by atoms with E-state index in [2.05, 4.69) is 21.2 Å². The molecule has 1 aromatic rings. The summed E-state index contributed by atoms with van der Waals surface area (Å²) in [5.74, 6) is -2.15. The van der Waals surface area contributed by atoms with Gasteiger partial charge in [0, 0.05) is 4.47 Å². The summed E-state index contributed by atoms with van der Waals surface area (Å²) in [5, 5.41) is 2.57. The molecular formula is C16H19BrClNO6. The minimum Gasteiger partial charge on any atom is -0.482 e. The SMILES string of the molecule is CCOC(=O)C(NC(=O)COc1c(C)cc(Br)cc1Cl)C(=O)OCC. The summed E-state index contributed by atoms with van der Waals surface area (Å²) in [6.07, 6.45) is 0. The molecule has 0 saturated heterocycles. The molecule has 25 heavy (non-hydrogen) atoms. The fraction of sp³-hybridized carbons (Fsp3) is 0.438. The summed E-state index contributed by atoms with van der Waals surface area (Å²) < 4.78 is 15.7. The van der Waals surface area contributed by atoms with Crippen LogP contribution in [-0.2, 0) is 23.9 Å². The molecule has 0 radical (unpaired) electrons. The Kier molecular flexibility index (Phi) is 8.71. The lowest BCUT2D eigenvalue weighted by atomic mass is 10.2. The quantitative estimate of drug-likeness (QED) is 0.497. The van der Waals surface area contributed by atoms with Gasteiger partial charge in [-0.3, -0.25) is 4.79 Å². The smallest absolute Gasteiger partial charge is 0.340 e. The lowest BCUT2D eigenvalue weighted by Crippen LogP contribution is -2.49. The number of carbonyl (C=O) groups is 3. The number of aryl methyl sites for hydroxylation is 1. The molecule has 0 aliphatic heterocycles. The molecule has 7 nitrogen and oxygen atoms in total. The predicted molar refractivity (Wildman–Crippen MR) is 94.6 cm³/mol. The molecule has 0 heterocycles. The Labute approximate surface area is 159 Å². The number of halogens is 2. The van der Waals surface area contributed by atoms with Gasteiger partial charge in [-0.25, -0.2) is 9.59 Å². The molecule has 0 saturated carbocycles. The molecule has 138 valence electrons. The van der Waals surface area contributed by atoms with Crippen LogP contribution in [0.15, 0.2) is 16.6 Å². The van der Waals surface area contributed by atoms with E-state index in [0.29, 0.717) is 10.8 Å². The molecule has 1 amide bonds. The highest BCUT2D eigenvalue weighted by Crippen LogP contribution is 2.31. The summed E-state index contributed by atoms with van der Waals surface area (Å²) in [5.41, 5.74) is 0.722.